The second kappa shape index (κ2) is 6.24. The Labute approximate surface area is 142 Å². The fourth-order valence-corrected chi connectivity index (χ4v) is 4.46. The average molecular weight is 342 g/mol. The van der Waals surface area contributed by atoms with E-state index in [1.807, 2.05) is 12.1 Å². The third-order valence-corrected chi connectivity index (χ3v) is 5.65. The summed E-state index contributed by atoms with van der Waals surface area (Å²) in [5.41, 5.74) is 0. The monoisotopic (exact) mass is 342 g/mol. The molecule has 0 saturated heterocycles. The summed E-state index contributed by atoms with van der Waals surface area (Å²) < 4.78 is 1.21. The summed E-state index contributed by atoms with van der Waals surface area (Å²) in [6, 6.07) is 8.66. The lowest BCUT2D eigenvalue weighted by molar-refractivity contribution is 0.185. The zero-order chi connectivity index (χ0) is 16.5. The number of amides is 1. The van der Waals surface area contributed by atoms with E-state index in [1.54, 1.807) is 17.7 Å². The van der Waals surface area contributed by atoms with Crippen LogP contribution in [-0.4, -0.2) is 33.3 Å². The number of hydrogen-bond acceptors (Lipinski definition) is 5. The van der Waals surface area contributed by atoms with E-state index in [0.29, 0.717) is 6.04 Å². The lowest BCUT2D eigenvalue weighted by Gasteiger charge is -2.29. The van der Waals surface area contributed by atoms with Crippen molar-refractivity contribution in [3.63, 3.8) is 0 Å². The number of thiophene rings is 1. The van der Waals surface area contributed by atoms with Crippen LogP contribution in [0.15, 0.2) is 30.6 Å². The molecule has 3 aromatic rings. The van der Waals surface area contributed by atoms with Crippen molar-refractivity contribution in [3.05, 3.63) is 30.6 Å². The first-order chi connectivity index (χ1) is 11.7. The third kappa shape index (κ3) is 2.87. The third-order valence-electron chi connectivity index (χ3n) is 4.57. The Morgan fingerprint density at radius 1 is 1.12 bits per heavy atom. The smallest absolute Gasteiger partial charge is 0.404 e. The molecule has 2 aromatic heterocycles. The van der Waals surface area contributed by atoms with Crippen molar-refractivity contribution in [1.29, 1.82) is 0 Å². The van der Waals surface area contributed by atoms with E-state index >= 15 is 0 Å². The van der Waals surface area contributed by atoms with Crippen LogP contribution in [0, 0.1) is 0 Å². The van der Waals surface area contributed by atoms with E-state index in [9.17, 15) is 4.79 Å². The zero-order valence-corrected chi connectivity index (χ0v) is 13.8. The SMILES string of the molecule is O=C(O)N[C@H]1CC[C@H](Nc2ncnc3sc4ccccc4c23)CC1. The van der Waals surface area contributed by atoms with Gasteiger partial charge in [-0.1, -0.05) is 18.2 Å². The van der Waals surface area contributed by atoms with Gasteiger partial charge in [0.15, 0.2) is 0 Å². The average Bonchev–Trinajstić information content (AvgIpc) is 2.96. The number of nitrogens with zero attached hydrogens (tertiary/aromatic N) is 2. The molecule has 3 N–H and O–H groups in total. The van der Waals surface area contributed by atoms with Crippen molar-refractivity contribution in [2.24, 2.45) is 0 Å². The number of anilines is 1. The second-order valence-corrected chi connectivity index (χ2v) is 7.17. The molecular weight excluding hydrogens is 324 g/mol. The Hall–Kier alpha value is -2.41. The zero-order valence-electron chi connectivity index (χ0n) is 13.0. The van der Waals surface area contributed by atoms with Crippen molar-refractivity contribution in [2.75, 3.05) is 5.32 Å². The Kier molecular flexibility index (Phi) is 3.93. The molecule has 124 valence electrons. The lowest BCUT2D eigenvalue weighted by Crippen LogP contribution is -2.39. The molecule has 1 amide bonds. The number of fused-ring (bicyclic) bond motifs is 3. The minimum absolute atomic E-state index is 0.0629. The first kappa shape index (κ1) is 15.1. The summed E-state index contributed by atoms with van der Waals surface area (Å²) in [6.07, 6.45) is 4.23. The van der Waals surface area contributed by atoms with Gasteiger partial charge in [0.1, 0.15) is 17.0 Å². The molecular formula is C17H18N4O2S. The van der Waals surface area contributed by atoms with E-state index in [2.05, 4.69) is 32.7 Å². The van der Waals surface area contributed by atoms with Gasteiger partial charge in [0.25, 0.3) is 0 Å². The van der Waals surface area contributed by atoms with Crippen LogP contribution in [0.4, 0.5) is 10.6 Å². The minimum atomic E-state index is -0.936. The van der Waals surface area contributed by atoms with Crippen molar-refractivity contribution < 1.29 is 9.90 Å². The maximum absolute atomic E-state index is 10.7. The van der Waals surface area contributed by atoms with Gasteiger partial charge >= 0.3 is 6.09 Å². The molecule has 1 fully saturated rings. The van der Waals surface area contributed by atoms with E-state index in [0.717, 1.165) is 41.7 Å². The van der Waals surface area contributed by atoms with E-state index in [1.165, 1.54) is 10.1 Å². The molecule has 24 heavy (non-hydrogen) atoms. The molecule has 1 aliphatic rings. The van der Waals surface area contributed by atoms with Crippen LogP contribution >= 0.6 is 11.3 Å². The summed E-state index contributed by atoms with van der Waals surface area (Å²) in [4.78, 5) is 20.6. The van der Waals surface area contributed by atoms with Crippen LogP contribution in [0.2, 0.25) is 0 Å². The first-order valence-corrected chi connectivity index (χ1v) is 8.90. The molecule has 0 aliphatic heterocycles. The molecule has 0 spiro atoms. The van der Waals surface area contributed by atoms with Gasteiger partial charge in [-0.25, -0.2) is 14.8 Å². The van der Waals surface area contributed by atoms with Crippen molar-refractivity contribution in [1.82, 2.24) is 15.3 Å². The summed E-state index contributed by atoms with van der Waals surface area (Å²) in [5, 5.41) is 17.2. The van der Waals surface area contributed by atoms with Crippen LogP contribution < -0.4 is 10.6 Å². The largest absolute Gasteiger partial charge is 0.465 e. The van der Waals surface area contributed by atoms with Crippen molar-refractivity contribution in [3.8, 4) is 0 Å². The number of aromatic nitrogens is 2. The number of carboxylic acid groups (broad SMARTS) is 1. The highest BCUT2D eigenvalue weighted by Gasteiger charge is 2.23. The highest BCUT2D eigenvalue weighted by atomic mass is 32.1. The summed E-state index contributed by atoms with van der Waals surface area (Å²) >= 11 is 1.68. The van der Waals surface area contributed by atoms with Gasteiger partial charge in [0.05, 0.1) is 5.39 Å². The molecule has 0 radical (unpaired) electrons. The number of nitrogens with one attached hydrogen (secondary N) is 2. The fraction of sp³-hybridized carbons (Fsp3) is 0.353. The van der Waals surface area contributed by atoms with E-state index in [-0.39, 0.29) is 6.04 Å². The quantitative estimate of drug-likeness (QED) is 0.673. The predicted octanol–water partition coefficient (Wildman–Crippen LogP) is 3.84. The number of hydrogen-bond donors (Lipinski definition) is 3. The van der Waals surface area contributed by atoms with Crippen LogP contribution in [-0.2, 0) is 0 Å². The Morgan fingerprint density at radius 3 is 2.67 bits per heavy atom. The topological polar surface area (TPSA) is 87.1 Å². The van der Waals surface area contributed by atoms with Gasteiger partial charge in [0, 0.05) is 22.2 Å². The van der Waals surface area contributed by atoms with Gasteiger partial charge in [-0.05, 0) is 31.7 Å². The Balaban J connectivity index is 1.56. The molecule has 0 bridgehead atoms. The minimum Gasteiger partial charge on any atom is -0.465 e. The fourth-order valence-electron chi connectivity index (χ4n) is 3.42. The Bertz CT molecular complexity index is 887. The molecule has 4 rings (SSSR count). The van der Waals surface area contributed by atoms with Gasteiger partial charge in [-0.15, -0.1) is 11.3 Å². The molecule has 0 unspecified atom stereocenters. The van der Waals surface area contributed by atoms with E-state index in [4.69, 9.17) is 5.11 Å². The van der Waals surface area contributed by atoms with Crippen molar-refractivity contribution in [2.45, 2.75) is 37.8 Å². The maximum Gasteiger partial charge on any atom is 0.404 e. The molecule has 7 heteroatoms. The molecule has 1 aromatic carbocycles. The number of rotatable bonds is 3. The summed E-state index contributed by atoms with van der Waals surface area (Å²) in [5.74, 6) is 0.882. The summed E-state index contributed by atoms with van der Waals surface area (Å²) in [7, 11) is 0. The van der Waals surface area contributed by atoms with Crippen LogP contribution in [0.25, 0.3) is 20.3 Å². The first-order valence-electron chi connectivity index (χ1n) is 8.09. The molecule has 0 atom stereocenters. The highest BCUT2D eigenvalue weighted by molar-refractivity contribution is 7.25. The maximum atomic E-state index is 10.7. The second-order valence-electron chi connectivity index (χ2n) is 6.14. The predicted molar refractivity (Wildman–Crippen MR) is 95.7 cm³/mol. The molecule has 1 aliphatic carbocycles. The number of benzene rings is 1. The molecule has 6 nitrogen and oxygen atoms in total. The normalized spacial score (nSPS) is 21.0. The van der Waals surface area contributed by atoms with Gasteiger partial charge < -0.3 is 15.7 Å². The van der Waals surface area contributed by atoms with Gasteiger partial charge in [-0.3, -0.25) is 0 Å². The molecule has 1 saturated carbocycles. The number of carbonyl (C=O) groups is 1. The molecule has 2 heterocycles. The van der Waals surface area contributed by atoms with Crippen molar-refractivity contribution >= 4 is 43.6 Å². The summed E-state index contributed by atoms with van der Waals surface area (Å²) in [6.45, 7) is 0. The highest BCUT2D eigenvalue weighted by Crippen LogP contribution is 2.36. The van der Waals surface area contributed by atoms with Gasteiger partial charge in [0.2, 0.25) is 0 Å². The van der Waals surface area contributed by atoms with Crippen LogP contribution in [0.1, 0.15) is 25.7 Å². The van der Waals surface area contributed by atoms with Crippen LogP contribution in [0.5, 0.6) is 0 Å². The lowest BCUT2D eigenvalue weighted by atomic mass is 9.91. The standard InChI is InChI=1S/C17H18N4O2S/c22-17(23)21-11-7-5-10(6-8-11)20-15-14-12-3-1-2-4-13(12)24-16(14)19-9-18-15/h1-4,9-11,21H,5-8H2,(H,22,23)(H,18,19,20)/t10-,11-. The van der Waals surface area contributed by atoms with E-state index < -0.39 is 6.09 Å². The van der Waals surface area contributed by atoms with Crippen LogP contribution in [0.3, 0.4) is 0 Å². The Morgan fingerprint density at radius 2 is 1.88 bits per heavy atom. The van der Waals surface area contributed by atoms with Gasteiger partial charge in [-0.2, -0.15) is 0 Å².